The van der Waals surface area contributed by atoms with E-state index in [4.69, 9.17) is 9.84 Å². The monoisotopic (exact) mass is 214 g/mol. The first-order valence-electron chi connectivity index (χ1n) is 4.80. The Labute approximate surface area is 86.9 Å². The Kier molecular flexibility index (Phi) is 3.21. The largest absolute Gasteiger partial charge is 0.493 e. The summed E-state index contributed by atoms with van der Waals surface area (Å²) in [6.07, 6.45) is 2.23. The molecule has 1 aromatic heterocycles. The Bertz CT molecular complexity index is 284. The SMILES string of the molecule is Oc1csc(NCC2CCOCC2)n1. The molecule has 78 valence electrons. The van der Waals surface area contributed by atoms with Gasteiger partial charge in [0.2, 0.25) is 5.88 Å². The molecular weight excluding hydrogens is 200 g/mol. The van der Waals surface area contributed by atoms with Crippen LogP contribution < -0.4 is 5.32 Å². The maximum absolute atomic E-state index is 9.03. The van der Waals surface area contributed by atoms with Gasteiger partial charge in [-0.1, -0.05) is 0 Å². The average molecular weight is 214 g/mol. The quantitative estimate of drug-likeness (QED) is 0.804. The van der Waals surface area contributed by atoms with Crippen LogP contribution >= 0.6 is 11.3 Å². The molecule has 1 aromatic rings. The molecule has 1 fully saturated rings. The maximum atomic E-state index is 9.03. The molecule has 0 spiro atoms. The summed E-state index contributed by atoms with van der Waals surface area (Å²) in [6, 6.07) is 0. The van der Waals surface area contributed by atoms with E-state index in [-0.39, 0.29) is 5.88 Å². The Hall–Kier alpha value is -0.810. The fourth-order valence-electron chi connectivity index (χ4n) is 1.53. The van der Waals surface area contributed by atoms with Crippen molar-refractivity contribution in [2.24, 2.45) is 5.92 Å². The number of thiazole rings is 1. The summed E-state index contributed by atoms with van der Waals surface area (Å²) in [6.45, 7) is 2.67. The van der Waals surface area contributed by atoms with Gasteiger partial charge in [0.15, 0.2) is 5.13 Å². The number of hydrogen-bond donors (Lipinski definition) is 2. The summed E-state index contributed by atoms with van der Waals surface area (Å²) in [5.74, 6) is 0.777. The number of aromatic nitrogens is 1. The molecule has 2 heterocycles. The van der Waals surface area contributed by atoms with E-state index >= 15 is 0 Å². The minimum Gasteiger partial charge on any atom is -0.493 e. The van der Waals surface area contributed by atoms with Gasteiger partial charge in [-0.15, -0.1) is 11.3 Å². The minimum atomic E-state index is 0.101. The molecule has 5 heteroatoms. The zero-order valence-corrected chi connectivity index (χ0v) is 8.72. The van der Waals surface area contributed by atoms with Crippen LogP contribution in [0.1, 0.15) is 12.8 Å². The van der Waals surface area contributed by atoms with E-state index < -0.39 is 0 Å². The van der Waals surface area contributed by atoms with Crippen molar-refractivity contribution in [3.8, 4) is 5.88 Å². The van der Waals surface area contributed by atoms with Gasteiger partial charge in [-0.25, -0.2) is 0 Å². The third kappa shape index (κ3) is 2.59. The molecule has 1 aliphatic rings. The van der Waals surface area contributed by atoms with Crippen LogP contribution in [0.5, 0.6) is 5.88 Å². The standard InChI is InChI=1S/C9H14N2O2S/c12-8-6-14-9(11-8)10-5-7-1-3-13-4-2-7/h6-7,12H,1-5H2,(H,10,11). The van der Waals surface area contributed by atoms with Gasteiger partial charge >= 0.3 is 0 Å². The normalized spacial score (nSPS) is 18.3. The van der Waals surface area contributed by atoms with Gasteiger partial charge in [-0.05, 0) is 18.8 Å². The van der Waals surface area contributed by atoms with Crippen LogP contribution in [-0.2, 0) is 4.74 Å². The van der Waals surface area contributed by atoms with E-state index in [1.54, 1.807) is 5.38 Å². The van der Waals surface area contributed by atoms with Crippen molar-refractivity contribution < 1.29 is 9.84 Å². The molecule has 0 aliphatic carbocycles. The molecule has 1 aliphatic heterocycles. The molecule has 0 saturated carbocycles. The van der Waals surface area contributed by atoms with Gasteiger partial charge in [0.1, 0.15) is 0 Å². The molecule has 1 saturated heterocycles. The van der Waals surface area contributed by atoms with Crippen LogP contribution in [0.15, 0.2) is 5.38 Å². The highest BCUT2D eigenvalue weighted by Gasteiger charge is 2.13. The van der Waals surface area contributed by atoms with Gasteiger partial charge in [0.25, 0.3) is 0 Å². The van der Waals surface area contributed by atoms with Gasteiger partial charge in [-0.3, -0.25) is 0 Å². The Morgan fingerprint density at radius 2 is 2.36 bits per heavy atom. The molecule has 0 unspecified atom stereocenters. The minimum absolute atomic E-state index is 0.101. The predicted octanol–water partition coefficient (Wildman–Crippen LogP) is 1.69. The van der Waals surface area contributed by atoms with E-state index in [0.717, 1.165) is 37.7 Å². The third-order valence-corrected chi connectivity index (χ3v) is 3.16. The van der Waals surface area contributed by atoms with Crippen molar-refractivity contribution >= 4 is 16.5 Å². The van der Waals surface area contributed by atoms with Crippen LogP contribution in [-0.4, -0.2) is 29.8 Å². The molecule has 0 amide bonds. The van der Waals surface area contributed by atoms with Crippen molar-refractivity contribution in [2.75, 3.05) is 25.1 Å². The van der Waals surface area contributed by atoms with Gasteiger partial charge in [-0.2, -0.15) is 4.98 Å². The van der Waals surface area contributed by atoms with Crippen LogP contribution in [0.25, 0.3) is 0 Å². The van der Waals surface area contributed by atoms with E-state index in [0.29, 0.717) is 5.92 Å². The lowest BCUT2D eigenvalue weighted by Gasteiger charge is -2.21. The predicted molar refractivity (Wildman–Crippen MR) is 55.8 cm³/mol. The number of ether oxygens (including phenoxy) is 1. The lowest BCUT2D eigenvalue weighted by molar-refractivity contribution is 0.0699. The molecule has 0 aromatic carbocycles. The van der Waals surface area contributed by atoms with Gasteiger partial charge < -0.3 is 15.2 Å². The van der Waals surface area contributed by atoms with Crippen molar-refractivity contribution in [3.05, 3.63) is 5.38 Å². The number of nitrogens with zero attached hydrogens (tertiary/aromatic N) is 1. The Morgan fingerprint density at radius 1 is 1.57 bits per heavy atom. The zero-order valence-electron chi connectivity index (χ0n) is 7.90. The van der Waals surface area contributed by atoms with Crippen LogP contribution in [0, 0.1) is 5.92 Å². The highest BCUT2D eigenvalue weighted by atomic mass is 32.1. The highest BCUT2D eigenvalue weighted by Crippen LogP contribution is 2.21. The Morgan fingerprint density at radius 3 is 3.00 bits per heavy atom. The highest BCUT2D eigenvalue weighted by molar-refractivity contribution is 7.13. The fourth-order valence-corrected chi connectivity index (χ4v) is 2.11. The van der Waals surface area contributed by atoms with Gasteiger partial charge in [0.05, 0.1) is 5.38 Å². The molecule has 0 bridgehead atoms. The third-order valence-electron chi connectivity index (χ3n) is 2.37. The first kappa shape index (κ1) is 9.73. The van der Waals surface area contributed by atoms with Crippen molar-refractivity contribution in [2.45, 2.75) is 12.8 Å². The topological polar surface area (TPSA) is 54.4 Å². The maximum Gasteiger partial charge on any atom is 0.223 e. The summed E-state index contributed by atoms with van der Waals surface area (Å²) in [7, 11) is 0. The van der Waals surface area contributed by atoms with Crippen molar-refractivity contribution in [3.63, 3.8) is 0 Å². The second-order valence-corrected chi connectivity index (χ2v) is 4.31. The summed E-state index contributed by atoms with van der Waals surface area (Å²) in [4.78, 5) is 3.93. The second kappa shape index (κ2) is 4.61. The summed E-state index contributed by atoms with van der Waals surface area (Å²) in [5, 5.41) is 14.7. The Balaban J connectivity index is 1.76. The lowest BCUT2D eigenvalue weighted by Crippen LogP contribution is -2.22. The lowest BCUT2D eigenvalue weighted by atomic mass is 10.0. The average Bonchev–Trinajstić information content (AvgIpc) is 2.63. The summed E-state index contributed by atoms with van der Waals surface area (Å²) >= 11 is 1.43. The first-order chi connectivity index (χ1) is 6.84. The van der Waals surface area contributed by atoms with Crippen LogP contribution in [0.4, 0.5) is 5.13 Å². The first-order valence-corrected chi connectivity index (χ1v) is 5.68. The van der Waals surface area contributed by atoms with Crippen molar-refractivity contribution in [1.29, 1.82) is 0 Å². The van der Waals surface area contributed by atoms with Crippen LogP contribution in [0.2, 0.25) is 0 Å². The van der Waals surface area contributed by atoms with E-state index in [9.17, 15) is 0 Å². The van der Waals surface area contributed by atoms with Crippen molar-refractivity contribution in [1.82, 2.24) is 4.98 Å². The molecule has 0 atom stereocenters. The van der Waals surface area contributed by atoms with E-state index in [1.165, 1.54) is 11.3 Å². The summed E-state index contributed by atoms with van der Waals surface area (Å²) < 4.78 is 5.28. The molecule has 0 radical (unpaired) electrons. The summed E-state index contributed by atoms with van der Waals surface area (Å²) in [5.41, 5.74) is 0. The molecule has 2 rings (SSSR count). The fraction of sp³-hybridized carbons (Fsp3) is 0.667. The van der Waals surface area contributed by atoms with E-state index in [1.807, 2.05) is 0 Å². The zero-order chi connectivity index (χ0) is 9.80. The number of anilines is 1. The van der Waals surface area contributed by atoms with Crippen LogP contribution in [0.3, 0.4) is 0 Å². The van der Waals surface area contributed by atoms with E-state index in [2.05, 4.69) is 10.3 Å². The van der Waals surface area contributed by atoms with Gasteiger partial charge in [0, 0.05) is 19.8 Å². The number of nitrogens with one attached hydrogen (secondary N) is 1. The molecule has 14 heavy (non-hydrogen) atoms. The molecule has 2 N–H and O–H groups in total. The number of hydrogen-bond acceptors (Lipinski definition) is 5. The number of rotatable bonds is 3. The molecule has 4 nitrogen and oxygen atoms in total. The molecular formula is C9H14N2O2S. The second-order valence-electron chi connectivity index (χ2n) is 3.45. The smallest absolute Gasteiger partial charge is 0.223 e. The number of aromatic hydroxyl groups is 1.